The van der Waals surface area contributed by atoms with Crippen molar-refractivity contribution in [2.75, 3.05) is 27.7 Å². The zero-order chi connectivity index (χ0) is 20.5. The van der Waals surface area contributed by atoms with Crippen LogP contribution in [0, 0.1) is 0 Å². The van der Waals surface area contributed by atoms with E-state index in [0.29, 0.717) is 16.4 Å². The van der Waals surface area contributed by atoms with Gasteiger partial charge in [-0.05, 0) is 36.4 Å². The molecule has 1 heterocycles. The minimum Gasteiger partial charge on any atom is -0.476 e. The molecule has 0 radical (unpaired) electrons. The number of fused-ring (bicyclic) bond motifs is 1. The number of halogens is 1. The summed E-state index contributed by atoms with van der Waals surface area (Å²) in [5, 5.41) is 5.65. The summed E-state index contributed by atoms with van der Waals surface area (Å²) >= 11 is 5.96. The molecule has 2 amide bonds. The van der Waals surface area contributed by atoms with Crippen LogP contribution in [-0.4, -0.2) is 39.1 Å². The number of sulfonamides is 1. The van der Waals surface area contributed by atoms with E-state index in [9.17, 15) is 18.0 Å². The summed E-state index contributed by atoms with van der Waals surface area (Å²) in [5.41, 5.74) is 1.24. The van der Waals surface area contributed by atoms with Gasteiger partial charge in [0, 0.05) is 23.3 Å². The van der Waals surface area contributed by atoms with Crippen LogP contribution in [0.2, 0.25) is 5.02 Å². The summed E-state index contributed by atoms with van der Waals surface area (Å²) in [6.07, 6.45) is -0.0117. The maximum absolute atomic E-state index is 12.7. The van der Waals surface area contributed by atoms with Crippen molar-refractivity contribution in [3.05, 3.63) is 47.5 Å². The predicted octanol–water partition coefficient (Wildman–Crippen LogP) is 2.46. The molecule has 0 unspecified atom stereocenters. The fourth-order valence-electron chi connectivity index (χ4n) is 2.78. The molecule has 2 aromatic carbocycles. The Hall–Kier alpha value is -2.78. The summed E-state index contributed by atoms with van der Waals surface area (Å²) in [6.45, 7) is 1.19. The van der Waals surface area contributed by atoms with E-state index in [0.717, 1.165) is 10.6 Å². The van der Waals surface area contributed by atoms with Crippen molar-refractivity contribution < 1.29 is 22.7 Å². The molecule has 8 nitrogen and oxygen atoms in total. The van der Waals surface area contributed by atoms with Gasteiger partial charge in [-0.1, -0.05) is 17.7 Å². The highest BCUT2D eigenvalue weighted by atomic mass is 35.5. The third-order valence-corrected chi connectivity index (χ3v) is 5.32. The van der Waals surface area contributed by atoms with Crippen LogP contribution in [0.3, 0.4) is 0 Å². The van der Waals surface area contributed by atoms with Crippen molar-refractivity contribution in [3.63, 3.8) is 0 Å². The lowest BCUT2D eigenvalue weighted by atomic mass is 10.2. The van der Waals surface area contributed by atoms with Crippen LogP contribution < -0.4 is 19.7 Å². The van der Waals surface area contributed by atoms with Crippen molar-refractivity contribution in [2.45, 2.75) is 13.0 Å². The van der Waals surface area contributed by atoms with E-state index in [1.807, 2.05) is 0 Å². The SMILES string of the molecule is CC(=O)Nc1cccc(NC(=O)[C@H]2CN(S(C)(=O)=O)c3cc(Cl)ccc3O2)c1. The van der Waals surface area contributed by atoms with Crippen LogP contribution in [-0.2, 0) is 19.6 Å². The first-order chi connectivity index (χ1) is 13.1. The Labute approximate surface area is 167 Å². The average Bonchev–Trinajstić information content (AvgIpc) is 2.59. The number of rotatable bonds is 4. The van der Waals surface area contributed by atoms with Crippen molar-refractivity contribution >= 4 is 50.5 Å². The fraction of sp³-hybridized carbons (Fsp3) is 0.222. The molecule has 2 aromatic rings. The zero-order valence-electron chi connectivity index (χ0n) is 15.1. The van der Waals surface area contributed by atoms with Crippen LogP contribution in [0.25, 0.3) is 0 Å². The highest BCUT2D eigenvalue weighted by Gasteiger charge is 2.35. The molecular formula is C18H18ClN3O5S. The molecule has 3 rings (SSSR count). The molecule has 1 atom stereocenters. The van der Waals surface area contributed by atoms with Gasteiger partial charge in [-0.15, -0.1) is 0 Å². The Morgan fingerprint density at radius 1 is 1.14 bits per heavy atom. The van der Waals surface area contributed by atoms with Crippen LogP contribution in [0.4, 0.5) is 17.1 Å². The molecule has 0 saturated carbocycles. The lowest BCUT2D eigenvalue weighted by molar-refractivity contribution is -0.122. The van der Waals surface area contributed by atoms with Crippen LogP contribution in [0.15, 0.2) is 42.5 Å². The summed E-state index contributed by atoms with van der Waals surface area (Å²) in [7, 11) is -3.65. The molecule has 0 aromatic heterocycles. The summed E-state index contributed by atoms with van der Waals surface area (Å²) < 4.78 is 31.2. The number of carbonyl (C=O) groups is 2. The number of carbonyl (C=O) groups excluding carboxylic acids is 2. The predicted molar refractivity (Wildman–Crippen MR) is 107 cm³/mol. The van der Waals surface area contributed by atoms with Crippen LogP contribution in [0.1, 0.15) is 6.92 Å². The quantitative estimate of drug-likeness (QED) is 0.785. The molecule has 0 saturated heterocycles. The van der Waals surface area contributed by atoms with Crippen LogP contribution >= 0.6 is 11.6 Å². The summed E-state index contributed by atoms with van der Waals surface area (Å²) in [5.74, 6) is -0.513. The smallest absolute Gasteiger partial charge is 0.267 e. The monoisotopic (exact) mass is 423 g/mol. The second-order valence-corrected chi connectivity index (χ2v) is 8.61. The molecule has 0 aliphatic carbocycles. The first-order valence-corrected chi connectivity index (χ1v) is 10.5. The largest absolute Gasteiger partial charge is 0.476 e. The van der Waals surface area contributed by atoms with Gasteiger partial charge in [-0.3, -0.25) is 13.9 Å². The van der Waals surface area contributed by atoms with Gasteiger partial charge in [-0.25, -0.2) is 8.42 Å². The fourth-order valence-corrected chi connectivity index (χ4v) is 3.85. The van der Waals surface area contributed by atoms with E-state index in [1.54, 1.807) is 30.3 Å². The van der Waals surface area contributed by atoms with E-state index >= 15 is 0 Å². The molecule has 148 valence electrons. The van der Waals surface area contributed by atoms with Gasteiger partial charge in [0.25, 0.3) is 5.91 Å². The lowest BCUT2D eigenvalue weighted by Crippen LogP contribution is -2.48. The zero-order valence-corrected chi connectivity index (χ0v) is 16.7. The number of hydrogen-bond donors (Lipinski definition) is 2. The van der Waals surface area contributed by atoms with E-state index in [4.69, 9.17) is 16.3 Å². The molecule has 0 fully saturated rings. The molecule has 1 aliphatic rings. The molecule has 0 spiro atoms. The Kier molecular flexibility index (Phi) is 5.48. The van der Waals surface area contributed by atoms with Crippen molar-refractivity contribution in [1.29, 1.82) is 0 Å². The van der Waals surface area contributed by atoms with Gasteiger partial charge in [0.05, 0.1) is 18.5 Å². The van der Waals surface area contributed by atoms with Gasteiger partial charge in [0.1, 0.15) is 5.75 Å². The van der Waals surface area contributed by atoms with Gasteiger partial charge in [-0.2, -0.15) is 0 Å². The molecular weight excluding hydrogens is 406 g/mol. The van der Waals surface area contributed by atoms with Gasteiger partial charge in [0.15, 0.2) is 6.10 Å². The topological polar surface area (TPSA) is 105 Å². The molecule has 28 heavy (non-hydrogen) atoms. The maximum atomic E-state index is 12.7. The number of nitrogens with one attached hydrogen (secondary N) is 2. The molecule has 10 heteroatoms. The summed E-state index contributed by atoms with van der Waals surface area (Å²) in [4.78, 5) is 23.9. The van der Waals surface area contributed by atoms with Gasteiger partial charge >= 0.3 is 0 Å². The third-order valence-electron chi connectivity index (χ3n) is 3.93. The number of nitrogens with zero attached hydrogens (tertiary/aromatic N) is 1. The number of amides is 2. The number of anilines is 3. The van der Waals surface area contributed by atoms with E-state index < -0.39 is 22.0 Å². The Morgan fingerprint density at radius 3 is 2.46 bits per heavy atom. The standard InChI is InChI=1S/C18H18ClN3O5S/c1-11(23)20-13-4-3-5-14(9-13)21-18(24)17-10-22(28(2,25)26)15-8-12(19)6-7-16(15)27-17/h3-9,17H,10H2,1-2H3,(H,20,23)(H,21,24)/t17-/m1/s1. The van der Waals surface area contributed by atoms with E-state index in [-0.39, 0.29) is 23.9 Å². The Bertz CT molecular complexity index is 1040. The maximum Gasteiger partial charge on any atom is 0.267 e. The lowest BCUT2D eigenvalue weighted by Gasteiger charge is -2.34. The van der Waals surface area contributed by atoms with Gasteiger partial charge < -0.3 is 15.4 Å². The average molecular weight is 424 g/mol. The van der Waals surface area contributed by atoms with Crippen LogP contribution in [0.5, 0.6) is 5.75 Å². The number of ether oxygens (including phenoxy) is 1. The van der Waals surface area contributed by atoms with E-state index in [1.165, 1.54) is 19.1 Å². The summed E-state index contributed by atoms with van der Waals surface area (Å²) in [6, 6.07) is 11.1. The molecule has 0 bridgehead atoms. The van der Waals surface area contributed by atoms with Crippen molar-refractivity contribution in [3.8, 4) is 5.75 Å². The Morgan fingerprint density at radius 2 is 1.82 bits per heavy atom. The normalized spacial score (nSPS) is 16.0. The minimum absolute atomic E-state index is 0.191. The van der Waals surface area contributed by atoms with E-state index in [2.05, 4.69) is 10.6 Å². The second-order valence-electron chi connectivity index (χ2n) is 6.26. The number of hydrogen-bond acceptors (Lipinski definition) is 5. The number of benzene rings is 2. The third kappa shape index (κ3) is 4.55. The first kappa shape index (κ1) is 20.0. The minimum atomic E-state index is -3.65. The first-order valence-electron chi connectivity index (χ1n) is 8.26. The highest BCUT2D eigenvalue weighted by molar-refractivity contribution is 7.92. The second kappa shape index (κ2) is 7.69. The van der Waals surface area contributed by atoms with Crippen molar-refractivity contribution in [2.24, 2.45) is 0 Å². The van der Waals surface area contributed by atoms with Gasteiger partial charge in [0.2, 0.25) is 15.9 Å². The highest BCUT2D eigenvalue weighted by Crippen LogP contribution is 2.37. The molecule has 2 N–H and O–H groups in total. The Balaban J connectivity index is 1.83. The van der Waals surface area contributed by atoms with Crippen molar-refractivity contribution in [1.82, 2.24) is 0 Å². The molecule has 1 aliphatic heterocycles.